The third-order valence-corrected chi connectivity index (χ3v) is 4.52. The van der Waals surface area contributed by atoms with Crippen molar-refractivity contribution in [2.45, 2.75) is 25.0 Å². The highest BCUT2D eigenvalue weighted by molar-refractivity contribution is 5.49. The van der Waals surface area contributed by atoms with Gasteiger partial charge in [-0.1, -0.05) is 18.2 Å². The minimum Gasteiger partial charge on any atom is -0.492 e. The third kappa shape index (κ3) is 5.44. The second kappa shape index (κ2) is 9.01. The van der Waals surface area contributed by atoms with Gasteiger partial charge in [-0.15, -0.1) is 0 Å². The first-order valence-corrected chi connectivity index (χ1v) is 9.11. The van der Waals surface area contributed by atoms with Crippen LogP contribution in [0.1, 0.15) is 24.5 Å². The molecule has 0 aromatic heterocycles. The fourth-order valence-electron chi connectivity index (χ4n) is 3.12. The fraction of sp³-hybridized carbons (Fsp3) is 0.429. The van der Waals surface area contributed by atoms with E-state index < -0.39 is 0 Å². The summed E-state index contributed by atoms with van der Waals surface area (Å²) in [5, 5.41) is 3.57. The first-order chi connectivity index (χ1) is 12.6. The van der Waals surface area contributed by atoms with Crippen LogP contribution in [0, 0.1) is 5.82 Å². The quantitative estimate of drug-likeness (QED) is 0.808. The molecule has 2 aromatic rings. The van der Waals surface area contributed by atoms with Gasteiger partial charge in [-0.3, -0.25) is 0 Å². The summed E-state index contributed by atoms with van der Waals surface area (Å²) in [6.45, 7) is 2.21. The van der Waals surface area contributed by atoms with Crippen LogP contribution in [-0.2, 0) is 4.74 Å². The van der Waals surface area contributed by atoms with E-state index in [0.717, 1.165) is 36.4 Å². The summed E-state index contributed by atoms with van der Waals surface area (Å²) in [7, 11) is 4.06. The molecule has 2 unspecified atom stereocenters. The molecule has 0 bridgehead atoms. The fourth-order valence-corrected chi connectivity index (χ4v) is 3.12. The van der Waals surface area contributed by atoms with Gasteiger partial charge in [0.25, 0.3) is 0 Å². The molecule has 0 saturated carbocycles. The van der Waals surface area contributed by atoms with Crippen molar-refractivity contribution in [3.8, 4) is 5.75 Å². The lowest BCUT2D eigenvalue weighted by atomic mass is 9.97. The van der Waals surface area contributed by atoms with Gasteiger partial charge in [0, 0.05) is 30.9 Å². The molecule has 1 aliphatic heterocycles. The Morgan fingerprint density at radius 1 is 1.19 bits per heavy atom. The molecule has 3 rings (SSSR count). The van der Waals surface area contributed by atoms with Crippen molar-refractivity contribution < 1.29 is 13.9 Å². The zero-order valence-corrected chi connectivity index (χ0v) is 15.5. The van der Waals surface area contributed by atoms with Crippen molar-refractivity contribution in [1.29, 1.82) is 0 Å². The van der Waals surface area contributed by atoms with E-state index in [1.54, 1.807) is 12.1 Å². The number of benzene rings is 2. The van der Waals surface area contributed by atoms with Crippen LogP contribution in [0.25, 0.3) is 0 Å². The molecule has 5 heteroatoms. The van der Waals surface area contributed by atoms with Gasteiger partial charge >= 0.3 is 0 Å². The Morgan fingerprint density at radius 3 is 2.85 bits per heavy atom. The molecule has 2 aromatic carbocycles. The third-order valence-electron chi connectivity index (χ3n) is 4.52. The molecule has 2 atom stereocenters. The maximum absolute atomic E-state index is 13.5. The van der Waals surface area contributed by atoms with Gasteiger partial charge in [0.15, 0.2) is 0 Å². The Balaban J connectivity index is 1.58. The summed E-state index contributed by atoms with van der Waals surface area (Å²) in [6, 6.07) is 15.0. The SMILES string of the molecule is CN(C)CCOc1cccc(NC2CCOC(c3cccc(F)c3)C2)c1. The monoisotopic (exact) mass is 358 g/mol. The van der Waals surface area contributed by atoms with E-state index in [1.165, 1.54) is 6.07 Å². The number of nitrogens with zero attached hydrogens (tertiary/aromatic N) is 1. The Bertz CT molecular complexity index is 708. The van der Waals surface area contributed by atoms with E-state index in [2.05, 4.69) is 10.2 Å². The van der Waals surface area contributed by atoms with E-state index in [4.69, 9.17) is 9.47 Å². The molecule has 4 nitrogen and oxygen atoms in total. The van der Waals surface area contributed by atoms with Crippen molar-refractivity contribution >= 4 is 5.69 Å². The van der Waals surface area contributed by atoms with Gasteiger partial charge in [-0.25, -0.2) is 4.39 Å². The van der Waals surface area contributed by atoms with E-state index in [1.807, 2.05) is 44.4 Å². The van der Waals surface area contributed by atoms with Crippen LogP contribution in [0.15, 0.2) is 48.5 Å². The van der Waals surface area contributed by atoms with Crippen LogP contribution in [-0.4, -0.2) is 44.8 Å². The predicted molar refractivity (Wildman–Crippen MR) is 102 cm³/mol. The standard InChI is InChI=1S/C21H27FN2O2/c1-24(2)10-12-25-20-8-4-7-18(14-20)23-19-9-11-26-21(15-19)16-5-3-6-17(22)13-16/h3-8,13-14,19,21,23H,9-12,15H2,1-2H3. The van der Waals surface area contributed by atoms with Crippen molar-refractivity contribution in [3.05, 3.63) is 59.9 Å². The van der Waals surface area contributed by atoms with Crippen LogP contribution in [0.3, 0.4) is 0 Å². The summed E-state index contributed by atoms with van der Waals surface area (Å²) in [5.41, 5.74) is 1.94. The Labute approximate surface area is 154 Å². The zero-order chi connectivity index (χ0) is 18.4. The smallest absolute Gasteiger partial charge is 0.123 e. The topological polar surface area (TPSA) is 33.7 Å². The second-order valence-electron chi connectivity index (χ2n) is 6.96. The lowest BCUT2D eigenvalue weighted by Gasteiger charge is -2.31. The largest absolute Gasteiger partial charge is 0.492 e. The molecule has 26 heavy (non-hydrogen) atoms. The minimum atomic E-state index is -0.219. The van der Waals surface area contributed by atoms with E-state index in [0.29, 0.717) is 13.2 Å². The van der Waals surface area contributed by atoms with Crippen molar-refractivity contribution in [3.63, 3.8) is 0 Å². The summed E-state index contributed by atoms with van der Waals surface area (Å²) in [5.74, 6) is 0.648. The van der Waals surface area contributed by atoms with E-state index in [-0.39, 0.29) is 18.0 Å². The number of nitrogens with one attached hydrogen (secondary N) is 1. The average Bonchev–Trinajstić information content (AvgIpc) is 2.62. The maximum atomic E-state index is 13.5. The average molecular weight is 358 g/mol. The molecular weight excluding hydrogens is 331 g/mol. The zero-order valence-electron chi connectivity index (χ0n) is 15.5. The van der Waals surface area contributed by atoms with Crippen molar-refractivity contribution in [2.75, 3.05) is 39.2 Å². The van der Waals surface area contributed by atoms with Gasteiger partial charge < -0.3 is 19.7 Å². The Kier molecular flexibility index (Phi) is 6.47. The molecule has 140 valence electrons. The number of hydrogen-bond acceptors (Lipinski definition) is 4. The highest BCUT2D eigenvalue weighted by Crippen LogP contribution is 2.30. The Morgan fingerprint density at radius 2 is 2.04 bits per heavy atom. The predicted octanol–water partition coefficient (Wildman–Crippen LogP) is 4.10. The molecule has 1 saturated heterocycles. The number of hydrogen-bond donors (Lipinski definition) is 1. The summed E-state index contributed by atoms with van der Waals surface area (Å²) in [6.07, 6.45) is 1.67. The van der Waals surface area contributed by atoms with Gasteiger partial charge in [0.2, 0.25) is 0 Å². The van der Waals surface area contributed by atoms with Crippen LogP contribution >= 0.6 is 0 Å². The van der Waals surface area contributed by atoms with Gasteiger partial charge in [0.05, 0.1) is 6.10 Å². The minimum absolute atomic E-state index is 0.0727. The van der Waals surface area contributed by atoms with Crippen LogP contribution < -0.4 is 10.1 Å². The lowest BCUT2D eigenvalue weighted by molar-refractivity contribution is 0.00963. The second-order valence-corrected chi connectivity index (χ2v) is 6.96. The van der Waals surface area contributed by atoms with Crippen molar-refractivity contribution in [2.24, 2.45) is 0 Å². The number of halogens is 1. The number of ether oxygens (including phenoxy) is 2. The van der Waals surface area contributed by atoms with Crippen LogP contribution in [0.2, 0.25) is 0 Å². The highest BCUT2D eigenvalue weighted by atomic mass is 19.1. The highest BCUT2D eigenvalue weighted by Gasteiger charge is 2.24. The first-order valence-electron chi connectivity index (χ1n) is 9.11. The summed E-state index contributed by atoms with van der Waals surface area (Å²) >= 11 is 0. The van der Waals surface area contributed by atoms with Gasteiger partial charge in [-0.2, -0.15) is 0 Å². The molecule has 0 aliphatic carbocycles. The molecule has 0 radical (unpaired) electrons. The lowest BCUT2D eigenvalue weighted by Crippen LogP contribution is -2.30. The number of rotatable bonds is 7. The normalized spacial score (nSPS) is 20.2. The molecule has 1 N–H and O–H groups in total. The number of likely N-dealkylation sites (N-methyl/N-ethyl adjacent to an activating group) is 1. The number of anilines is 1. The van der Waals surface area contributed by atoms with E-state index >= 15 is 0 Å². The first kappa shape index (κ1) is 18.7. The molecule has 1 heterocycles. The molecule has 0 spiro atoms. The molecule has 1 fully saturated rings. The van der Waals surface area contributed by atoms with Crippen molar-refractivity contribution in [1.82, 2.24) is 4.90 Å². The Hall–Kier alpha value is -2.11. The van der Waals surface area contributed by atoms with Gasteiger partial charge in [0.1, 0.15) is 18.2 Å². The van der Waals surface area contributed by atoms with Crippen LogP contribution in [0.4, 0.5) is 10.1 Å². The molecule has 0 amide bonds. The molecule has 1 aliphatic rings. The summed E-state index contributed by atoms with van der Waals surface area (Å²) in [4.78, 5) is 2.09. The molecular formula is C21H27FN2O2. The van der Waals surface area contributed by atoms with E-state index in [9.17, 15) is 4.39 Å². The maximum Gasteiger partial charge on any atom is 0.123 e. The van der Waals surface area contributed by atoms with Crippen LogP contribution in [0.5, 0.6) is 5.75 Å². The summed E-state index contributed by atoms with van der Waals surface area (Å²) < 4.78 is 25.1. The van der Waals surface area contributed by atoms with Gasteiger partial charge in [-0.05, 0) is 56.8 Å².